The van der Waals surface area contributed by atoms with Crippen molar-refractivity contribution in [3.63, 3.8) is 0 Å². The zero-order valence-corrected chi connectivity index (χ0v) is 28.6. The first-order chi connectivity index (χ1) is 25.3. The van der Waals surface area contributed by atoms with Gasteiger partial charge >= 0.3 is 11.3 Å². The van der Waals surface area contributed by atoms with E-state index in [4.69, 9.17) is 0 Å². The quantitative estimate of drug-likeness (QED) is 0.115. The Kier molecular flexibility index (Phi) is 4.60. The van der Waals surface area contributed by atoms with Gasteiger partial charge in [0.2, 0.25) is 5.69 Å². The first kappa shape index (κ1) is 26.5. The minimum Gasteiger partial charge on any atom is -0.194 e. The highest BCUT2D eigenvalue weighted by molar-refractivity contribution is 7.20. The lowest BCUT2D eigenvalue weighted by Gasteiger charge is -2.42. The van der Waals surface area contributed by atoms with Gasteiger partial charge in [0.05, 0.1) is 22.1 Å². The fraction of sp³-hybridized carbons (Fsp3) is 0.0213. The van der Waals surface area contributed by atoms with E-state index in [1.807, 2.05) is 0 Å². The molecule has 3 aromatic heterocycles. The van der Waals surface area contributed by atoms with Crippen LogP contribution in [-0.2, 0) is 5.66 Å². The van der Waals surface area contributed by atoms with Crippen LogP contribution in [0.2, 0.25) is 0 Å². The van der Waals surface area contributed by atoms with Gasteiger partial charge in [-0.1, -0.05) is 133 Å². The van der Waals surface area contributed by atoms with E-state index in [2.05, 4.69) is 190 Å². The Morgan fingerprint density at radius 2 is 1.10 bits per heavy atom. The molecular formula is C47H29N3Si+2. The lowest BCUT2D eigenvalue weighted by molar-refractivity contribution is -0.949. The molecule has 0 fully saturated rings. The SMILES string of the molecule is c1ccc([Si]2(c3ccccc3)c3cccc4c3C3(c5c2ccc2c5c5n(cc[n+]53)c3c5ccccc5c5ccccc5c23)[n+]2ccccc2-4)cc1. The molecule has 0 amide bonds. The summed E-state index contributed by atoms with van der Waals surface area (Å²) in [5.41, 5.74) is 7.47. The Hall–Kier alpha value is -6.36. The molecule has 3 aliphatic rings. The summed E-state index contributed by atoms with van der Waals surface area (Å²) >= 11 is 0. The van der Waals surface area contributed by atoms with E-state index in [-0.39, 0.29) is 0 Å². The number of imidazole rings is 1. The maximum absolute atomic E-state index is 2.84. The highest BCUT2D eigenvalue weighted by atomic mass is 28.3. The molecule has 0 aliphatic carbocycles. The van der Waals surface area contributed by atoms with E-state index < -0.39 is 13.7 Å². The third-order valence-corrected chi connectivity index (χ3v) is 17.3. The molecule has 234 valence electrons. The molecule has 4 heteroatoms. The maximum atomic E-state index is 2.63. The fourth-order valence-corrected chi connectivity index (χ4v) is 16.2. The monoisotopic (exact) mass is 663 g/mol. The molecule has 1 atom stereocenters. The van der Waals surface area contributed by atoms with E-state index >= 15 is 0 Å². The molecule has 0 saturated heterocycles. The summed E-state index contributed by atoms with van der Waals surface area (Å²) < 4.78 is 7.75. The third kappa shape index (κ3) is 2.72. The van der Waals surface area contributed by atoms with E-state index in [1.54, 1.807) is 0 Å². The number of rotatable bonds is 2. The molecule has 6 heterocycles. The van der Waals surface area contributed by atoms with Crippen molar-refractivity contribution in [1.29, 1.82) is 0 Å². The van der Waals surface area contributed by atoms with E-state index in [0.29, 0.717) is 0 Å². The normalized spacial score (nSPS) is 17.3. The van der Waals surface area contributed by atoms with Crippen LogP contribution in [0.15, 0.2) is 176 Å². The van der Waals surface area contributed by atoms with Crippen molar-refractivity contribution in [2.45, 2.75) is 5.66 Å². The summed E-state index contributed by atoms with van der Waals surface area (Å²) in [6.45, 7) is 0. The number of nitrogens with zero attached hydrogens (tertiary/aromatic N) is 3. The average molecular weight is 664 g/mol. The number of pyridine rings is 2. The summed E-state index contributed by atoms with van der Waals surface area (Å²) in [7, 11) is -2.84. The van der Waals surface area contributed by atoms with Gasteiger partial charge in [-0.25, -0.2) is 0 Å². The first-order valence-corrected chi connectivity index (χ1v) is 19.9. The van der Waals surface area contributed by atoms with Gasteiger partial charge in [-0.2, -0.15) is 8.97 Å². The fourth-order valence-electron chi connectivity index (χ4n) is 10.9. The molecule has 51 heavy (non-hydrogen) atoms. The molecule has 3 nitrogen and oxygen atoms in total. The summed E-state index contributed by atoms with van der Waals surface area (Å²) in [5, 5.41) is 15.0. The standard InChI is InChI=1S/C47H29N3Si/c1-3-14-30(15-4-1)51(31-16-5-2-6-17-31)39-24-13-22-36-38-23-11-12-27-49(38)47(43(36)39)44-40(51)26-25-37-41-34-20-9-7-18-32(34)33-19-8-10-21-35(33)45(41)48-28-29-50(47)46(48)42(37)44/h1-29H/q+2. The molecule has 13 rings (SSSR count). The number of aromatic nitrogens is 3. The summed E-state index contributed by atoms with van der Waals surface area (Å²) in [6.07, 6.45) is 7.03. The minimum atomic E-state index is -2.84. The largest absolute Gasteiger partial charge is 0.364 e. The van der Waals surface area contributed by atoms with Crippen LogP contribution in [0.25, 0.3) is 60.1 Å². The second-order valence-corrected chi connectivity index (χ2v) is 18.2. The van der Waals surface area contributed by atoms with Crippen LogP contribution >= 0.6 is 0 Å². The molecule has 10 aromatic rings. The Labute approximate surface area is 294 Å². The second kappa shape index (κ2) is 8.86. The predicted molar refractivity (Wildman–Crippen MR) is 208 cm³/mol. The molecule has 0 radical (unpaired) electrons. The zero-order valence-electron chi connectivity index (χ0n) is 27.6. The lowest BCUT2D eigenvalue weighted by Crippen LogP contribution is -2.84. The molecule has 7 aromatic carbocycles. The van der Waals surface area contributed by atoms with E-state index in [0.717, 1.165) is 0 Å². The van der Waals surface area contributed by atoms with Crippen LogP contribution in [0.3, 0.4) is 0 Å². The maximum Gasteiger partial charge on any atom is 0.364 e. The number of benzene rings is 7. The van der Waals surface area contributed by atoms with Crippen molar-refractivity contribution in [2.24, 2.45) is 0 Å². The zero-order chi connectivity index (χ0) is 33.1. The van der Waals surface area contributed by atoms with Gasteiger partial charge < -0.3 is 0 Å². The van der Waals surface area contributed by atoms with Gasteiger partial charge in [0.15, 0.2) is 14.3 Å². The Balaban J connectivity index is 1.37. The van der Waals surface area contributed by atoms with Gasteiger partial charge in [0, 0.05) is 28.3 Å². The summed E-state index contributed by atoms with van der Waals surface area (Å²) in [5.74, 6) is 0. The Morgan fingerprint density at radius 3 is 1.86 bits per heavy atom. The third-order valence-electron chi connectivity index (χ3n) is 12.5. The topological polar surface area (TPSA) is 12.2 Å². The lowest BCUT2D eigenvalue weighted by atomic mass is 9.87. The van der Waals surface area contributed by atoms with Crippen molar-refractivity contribution in [1.82, 2.24) is 4.40 Å². The first-order valence-electron chi connectivity index (χ1n) is 17.9. The van der Waals surface area contributed by atoms with Gasteiger partial charge in [0.25, 0.3) is 0 Å². The molecule has 0 bridgehead atoms. The molecular weight excluding hydrogens is 635 g/mol. The number of hydrogen-bond acceptors (Lipinski definition) is 0. The molecule has 1 spiro atoms. The highest BCUT2D eigenvalue weighted by Gasteiger charge is 2.70. The average Bonchev–Trinajstić information content (AvgIpc) is 3.87. The Bertz CT molecular complexity index is 3160. The second-order valence-electron chi connectivity index (χ2n) is 14.4. The van der Waals surface area contributed by atoms with Crippen molar-refractivity contribution in [3.8, 4) is 11.3 Å². The van der Waals surface area contributed by atoms with E-state index in [9.17, 15) is 0 Å². The van der Waals surface area contributed by atoms with Crippen molar-refractivity contribution < 1.29 is 9.13 Å². The van der Waals surface area contributed by atoms with Crippen LogP contribution in [-0.4, -0.2) is 12.5 Å². The van der Waals surface area contributed by atoms with E-state index in [1.165, 1.54) is 92.0 Å². The highest BCUT2D eigenvalue weighted by Crippen LogP contribution is 2.50. The Morgan fingerprint density at radius 1 is 0.451 bits per heavy atom. The predicted octanol–water partition coefficient (Wildman–Crippen LogP) is 6.41. The van der Waals surface area contributed by atoms with Crippen LogP contribution in [0.5, 0.6) is 0 Å². The smallest absolute Gasteiger partial charge is 0.194 e. The van der Waals surface area contributed by atoms with Crippen LogP contribution in [0.4, 0.5) is 0 Å². The number of hydrogen-bond donors (Lipinski definition) is 0. The molecule has 0 saturated carbocycles. The van der Waals surface area contributed by atoms with Crippen molar-refractivity contribution in [2.75, 3.05) is 0 Å². The van der Waals surface area contributed by atoms with Gasteiger partial charge in [0.1, 0.15) is 17.9 Å². The summed E-state index contributed by atoms with van der Waals surface area (Å²) in [4.78, 5) is 0. The van der Waals surface area contributed by atoms with Gasteiger partial charge in [-0.3, -0.25) is 0 Å². The molecule has 3 aliphatic heterocycles. The minimum absolute atomic E-state index is 0.558. The molecule has 0 N–H and O–H groups in total. The van der Waals surface area contributed by atoms with Crippen LogP contribution < -0.4 is 29.9 Å². The van der Waals surface area contributed by atoms with Crippen molar-refractivity contribution >= 4 is 77.7 Å². The van der Waals surface area contributed by atoms with Crippen molar-refractivity contribution in [3.05, 3.63) is 187 Å². The number of fused-ring (bicyclic) bond motifs is 10. The van der Waals surface area contributed by atoms with Gasteiger partial charge in [-0.05, 0) is 49.0 Å². The summed E-state index contributed by atoms with van der Waals surface area (Å²) in [6, 6.07) is 59.8. The van der Waals surface area contributed by atoms with Gasteiger partial charge in [-0.15, -0.1) is 4.57 Å². The van der Waals surface area contributed by atoms with Crippen LogP contribution in [0, 0.1) is 0 Å². The van der Waals surface area contributed by atoms with Crippen LogP contribution in [0.1, 0.15) is 11.1 Å². The molecule has 1 unspecified atom stereocenters.